The summed E-state index contributed by atoms with van der Waals surface area (Å²) in [5, 5.41) is 5.32. The summed E-state index contributed by atoms with van der Waals surface area (Å²) in [5.41, 5.74) is 7.65. The van der Waals surface area contributed by atoms with Gasteiger partial charge in [0.15, 0.2) is 11.7 Å². The number of aromatic nitrogens is 1. The number of hydrogen-bond acceptors (Lipinski definition) is 4. The van der Waals surface area contributed by atoms with Crippen LogP contribution in [0.25, 0.3) is 33.5 Å². The molecule has 0 aliphatic carbocycles. The van der Waals surface area contributed by atoms with Crippen LogP contribution < -0.4 is 10.1 Å². The average Bonchev–Trinajstić information content (AvgIpc) is 3.37. The highest BCUT2D eigenvalue weighted by molar-refractivity contribution is 7.14. The molecule has 35 heavy (non-hydrogen) atoms. The molecule has 0 unspecified atom stereocenters. The van der Waals surface area contributed by atoms with E-state index in [9.17, 15) is 4.79 Å². The second kappa shape index (κ2) is 10.4. The maximum Gasteiger partial charge on any atom is 0.264 e. The summed E-state index contributed by atoms with van der Waals surface area (Å²) in [6, 6.07) is 34.6. The van der Waals surface area contributed by atoms with Crippen molar-refractivity contribution in [3.05, 3.63) is 114 Å². The van der Waals surface area contributed by atoms with Crippen LogP contribution in [0.15, 0.2) is 109 Å². The van der Waals surface area contributed by atoms with E-state index in [2.05, 4.69) is 65.8 Å². The summed E-state index contributed by atoms with van der Waals surface area (Å²) in [6.07, 6.45) is 0. The largest absolute Gasteiger partial charge is 0.484 e. The van der Waals surface area contributed by atoms with Crippen LogP contribution in [-0.2, 0) is 4.79 Å². The Labute approximate surface area is 208 Å². The molecule has 0 fully saturated rings. The summed E-state index contributed by atoms with van der Waals surface area (Å²) in [7, 11) is 0. The van der Waals surface area contributed by atoms with Gasteiger partial charge in [0.05, 0.1) is 5.69 Å². The van der Waals surface area contributed by atoms with Gasteiger partial charge in [0.1, 0.15) is 5.75 Å². The number of nitrogens with one attached hydrogen (secondary N) is 1. The minimum absolute atomic E-state index is 0.0788. The Morgan fingerprint density at radius 2 is 1.29 bits per heavy atom. The zero-order valence-electron chi connectivity index (χ0n) is 19.3. The van der Waals surface area contributed by atoms with Crippen molar-refractivity contribution in [2.24, 2.45) is 0 Å². The van der Waals surface area contributed by atoms with Gasteiger partial charge in [0, 0.05) is 10.9 Å². The molecule has 1 heterocycles. The third-order valence-corrected chi connectivity index (χ3v) is 6.41. The lowest BCUT2D eigenvalue weighted by atomic mass is 10.0. The molecule has 5 rings (SSSR count). The number of hydrogen-bond donors (Lipinski definition) is 1. The molecule has 0 aliphatic rings. The van der Waals surface area contributed by atoms with Crippen LogP contribution in [0.4, 0.5) is 5.13 Å². The second-order valence-corrected chi connectivity index (χ2v) is 9.07. The standard InChI is InChI=1S/C30H24N2O2S/c1-21-7-9-23(10-8-21)25-15-17-27(18-16-25)34-19-29(33)32-30-31-28(20-35-30)26-13-11-24(12-14-26)22-5-3-2-4-6-22/h2-18,20H,19H2,1H3,(H,31,32,33). The number of aryl methyl sites for hydroxylation is 1. The van der Waals surface area contributed by atoms with Crippen molar-refractivity contribution in [2.45, 2.75) is 6.92 Å². The number of rotatable bonds is 7. The first-order chi connectivity index (χ1) is 17.1. The smallest absolute Gasteiger partial charge is 0.264 e. The number of carbonyl (C=O) groups excluding carboxylic acids is 1. The van der Waals surface area contributed by atoms with E-state index in [1.54, 1.807) is 0 Å². The SMILES string of the molecule is Cc1ccc(-c2ccc(OCC(=O)Nc3nc(-c4ccc(-c5ccccc5)cc4)cs3)cc2)cc1. The monoisotopic (exact) mass is 476 g/mol. The van der Waals surface area contributed by atoms with Crippen LogP contribution in [0.2, 0.25) is 0 Å². The fourth-order valence-electron chi connectivity index (χ4n) is 3.72. The van der Waals surface area contributed by atoms with Crippen molar-refractivity contribution in [3.63, 3.8) is 0 Å². The van der Waals surface area contributed by atoms with Gasteiger partial charge in [0.2, 0.25) is 0 Å². The van der Waals surface area contributed by atoms with E-state index in [4.69, 9.17) is 4.74 Å². The Hall–Kier alpha value is -4.22. The van der Waals surface area contributed by atoms with E-state index in [0.717, 1.165) is 27.9 Å². The molecule has 0 saturated heterocycles. The van der Waals surface area contributed by atoms with Gasteiger partial charge >= 0.3 is 0 Å². The molecule has 4 aromatic carbocycles. The number of nitrogens with zero attached hydrogens (tertiary/aromatic N) is 1. The van der Waals surface area contributed by atoms with Crippen molar-refractivity contribution in [3.8, 4) is 39.3 Å². The number of ether oxygens (including phenoxy) is 1. The Balaban J connectivity index is 1.15. The summed E-state index contributed by atoms with van der Waals surface area (Å²) >= 11 is 1.40. The fourth-order valence-corrected chi connectivity index (χ4v) is 4.46. The first-order valence-electron chi connectivity index (χ1n) is 11.4. The Kier molecular flexibility index (Phi) is 6.68. The molecule has 0 atom stereocenters. The summed E-state index contributed by atoms with van der Waals surface area (Å²) in [5.74, 6) is 0.405. The van der Waals surface area contributed by atoms with Crippen LogP contribution in [0.3, 0.4) is 0 Å². The molecule has 5 aromatic rings. The molecule has 1 aromatic heterocycles. The highest BCUT2D eigenvalue weighted by Crippen LogP contribution is 2.28. The molecule has 5 heteroatoms. The topological polar surface area (TPSA) is 51.2 Å². The van der Waals surface area contributed by atoms with Crippen LogP contribution in [0.5, 0.6) is 5.75 Å². The minimum Gasteiger partial charge on any atom is -0.484 e. The van der Waals surface area contributed by atoms with Gasteiger partial charge < -0.3 is 4.74 Å². The molecule has 0 radical (unpaired) electrons. The first-order valence-corrected chi connectivity index (χ1v) is 12.2. The molecule has 0 spiro atoms. The van der Waals surface area contributed by atoms with Crippen LogP contribution in [0.1, 0.15) is 5.56 Å². The van der Waals surface area contributed by atoms with Gasteiger partial charge in [-0.25, -0.2) is 4.98 Å². The van der Waals surface area contributed by atoms with Gasteiger partial charge in [-0.05, 0) is 41.3 Å². The number of amides is 1. The molecule has 1 amide bonds. The minimum atomic E-state index is -0.243. The van der Waals surface area contributed by atoms with Crippen LogP contribution in [0, 0.1) is 6.92 Å². The molecule has 1 N–H and O–H groups in total. The van der Waals surface area contributed by atoms with Gasteiger partial charge in [-0.15, -0.1) is 11.3 Å². The molecule has 0 aliphatic heterocycles. The van der Waals surface area contributed by atoms with Crippen molar-refractivity contribution >= 4 is 22.4 Å². The average molecular weight is 477 g/mol. The maximum atomic E-state index is 12.4. The zero-order chi connectivity index (χ0) is 24.0. The molecular weight excluding hydrogens is 452 g/mol. The van der Waals surface area contributed by atoms with E-state index >= 15 is 0 Å². The fraction of sp³-hybridized carbons (Fsp3) is 0.0667. The third-order valence-electron chi connectivity index (χ3n) is 5.65. The van der Waals surface area contributed by atoms with Crippen molar-refractivity contribution in [2.75, 3.05) is 11.9 Å². The zero-order valence-corrected chi connectivity index (χ0v) is 20.1. The van der Waals surface area contributed by atoms with Gasteiger partial charge in [-0.2, -0.15) is 0 Å². The predicted molar refractivity (Wildman–Crippen MR) is 144 cm³/mol. The summed E-state index contributed by atoms with van der Waals surface area (Å²) in [4.78, 5) is 16.9. The van der Waals surface area contributed by atoms with E-state index in [0.29, 0.717) is 10.9 Å². The predicted octanol–water partition coefficient (Wildman–Crippen LogP) is 7.47. The highest BCUT2D eigenvalue weighted by atomic mass is 32.1. The van der Waals surface area contributed by atoms with E-state index < -0.39 is 0 Å². The number of anilines is 1. The van der Waals surface area contributed by atoms with Gasteiger partial charge in [-0.1, -0.05) is 96.6 Å². The lowest BCUT2D eigenvalue weighted by Crippen LogP contribution is -2.20. The molecule has 172 valence electrons. The number of thiazole rings is 1. The van der Waals surface area contributed by atoms with Gasteiger partial charge in [0.25, 0.3) is 5.91 Å². The maximum absolute atomic E-state index is 12.4. The molecule has 0 bridgehead atoms. The number of carbonyl (C=O) groups is 1. The van der Waals surface area contributed by atoms with Crippen LogP contribution in [-0.4, -0.2) is 17.5 Å². The van der Waals surface area contributed by atoms with E-state index in [-0.39, 0.29) is 12.5 Å². The third kappa shape index (κ3) is 5.65. The quantitative estimate of drug-likeness (QED) is 0.265. The molecule has 0 saturated carbocycles. The Morgan fingerprint density at radius 1 is 0.743 bits per heavy atom. The van der Waals surface area contributed by atoms with Crippen molar-refractivity contribution in [1.29, 1.82) is 0 Å². The molecular formula is C30H24N2O2S. The van der Waals surface area contributed by atoms with Gasteiger partial charge in [-0.3, -0.25) is 10.1 Å². The Morgan fingerprint density at radius 3 is 1.94 bits per heavy atom. The first kappa shape index (κ1) is 22.6. The second-order valence-electron chi connectivity index (χ2n) is 8.21. The van der Waals surface area contributed by atoms with E-state index in [1.807, 2.05) is 60.0 Å². The highest BCUT2D eigenvalue weighted by Gasteiger charge is 2.10. The normalized spacial score (nSPS) is 10.7. The molecule has 4 nitrogen and oxygen atoms in total. The van der Waals surface area contributed by atoms with Crippen molar-refractivity contribution in [1.82, 2.24) is 4.98 Å². The lowest BCUT2D eigenvalue weighted by Gasteiger charge is -2.07. The van der Waals surface area contributed by atoms with E-state index in [1.165, 1.54) is 22.5 Å². The summed E-state index contributed by atoms with van der Waals surface area (Å²) < 4.78 is 5.66. The number of benzene rings is 4. The lowest BCUT2D eigenvalue weighted by molar-refractivity contribution is -0.118. The Bertz CT molecular complexity index is 1410. The van der Waals surface area contributed by atoms with Crippen LogP contribution >= 0.6 is 11.3 Å². The van der Waals surface area contributed by atoms with Crippen molar-refractivity contribution < 1.29 is 9.53 Å². The summed E-state index contributed by atoms with van der Waals surface area (Å²) in [6.45, 7) is 1.99.